The molecule has 1 aliphatic rings. The van der Waals surface area contributed by atoms with Crippen molar-refractivity contribution in [3.63, 3.8) is 0 Å². The molecule has 3 unspecified atom stereocenters. The molecule has 3 rings (SSSR count). The minimum absolute atomic E-state index is 0.0136. The Morgan fingerprint density at radius 1 is 1.37 bits per heavy atom. The number of benzene rings is 1. The third kappa shape index (κ3) is 3.83. The van der Waals surface area contributed by atoms with Crippen molar-refractivity contribution in [2.45, 2.75) is 39.5 Å². The minimum atomic E-state index is -0.541. The largest absolute Gasteiger partial charge is 0.322 e. The lowest BCUT2D eigenvalue weighted by Gasteiger charge is -2.35. The molecule has 0 spiro atoms. The Labute approximate surface area is 157 Å². The predicted molar refractivity (Wildman–Crippen MR) is 99.6 cm³/mol. The second-order valence-corrected chi connectivity index (χ2v) is 6.64. The second-order valence-electron chi connectivity index (χ2n) is 6.64. The Morgan fingerprint density at radius 3 is 2.67 bits per heavy atom. The first kappa shape index (κ1) is 18.6. The topological polar surface area (TPSA) is 112 Å². The van der Waals surface area contributed by atoms with E-state index in [0.29, 0.717) is 22.6 Å². The third-order valence-corrected chi connectivity index (χ3v) is 4.70. The molecule has 27 heavy (non-hydrogen) atoms. The van der Waals surface area contributed by atoms with Gasteiger partial charge in [-0.15, -0.1) is 0 Å². The number of carbonyl (C=O) groups is 2. The number of anilines is 1. The smallest absolute Gasteiger partial charge is 0.256 e. The summed E-state index contributed by atoms with van der Waals surface area (Å²) in [5, 5.41) is 22.3. The van der Waals surface area contributed by atoms with Crippen LogP contribution in [-0.4, -0.2) is 27.6 Å². The first-order valence-corrected chi connectivity index (χ1v) is 8.87. The van der Waals surface area contributed by atoms with Gasteiger partial charge >= 0.3 is 0 Å². The molecule has 0 bridgehead atoms. The van der Waals surface area contributed by atoms with Crippen molar-refractivity contribution in [1.29, 1.82) is 5.26 Å². The Morgan fingerprint density at radius 2 is 2.07 bits per heavy atom. The van der Waals surface area contributed by atoms with Crippen LogP contribution in [0, 0.1) is 24.2 Å². The first-order valence-electron chi connectivity index (χ1n) is 8.87. The number of hydrogen-bond donors (Lipinski definition) is 3. The zero-order valence-electron chi connectivity index (χ0n) is 15.5. The number of amides is 2. The Kier molecular flexibility index (Phi) is 5.23. The number of aryl methyl sites for hydroxylation is 1. The summed E-state index contributed by atoms with van der Waals surface area (Å²) in [7, 11) is 0. The Bertz CT molecular complexity index is 896. The number of nitrogens with one attached hydrogen (secondary N) is 3. The average molecular weight is 366 g/mol. The van der Waals surface area contributed by atoms with E-state index in [-0.39, 0.29) is 23.8 Å². The zero-order valence-corrected chi connectivity index (χ0v) is 15.5. The molecular weight excluding hydrogens is 344 g/mol. The van der Waals surface area contributed by atoms with Gasteiger partial charge in [0.25, 0.3) is 5.91 Å². The maximum atomic E-state index is 12.5. The molecule has 0 saturated carbocycles. The average Bonchev–Trinajstić information content (AvgIpc) is 3.01. The van der Waals surface area contributed by atoms with E-state index in [9.17, 15) is 9.59 Å². The van der Waals surface area contributed by atoms with Gasteiger partial charge in [0.1, 0.15) is 5.82 Å². The lowest BCUT2D eigenvalue weighted by molar-refractivity contribution is -0.130. The van der Waals surface area contributed by atoms with Crippen LogP contribution >= 0.6 is 0 Å². The summed E-state index contributed by atoms with van der Waals surface area (Å²) in [6.45, 7) is 5.76. The highest BCUT2D eigenvalue weighted by Crippen LogP contribution is 2.21. The van der Waals surface area contributed by atoms with Gasteiger partial charge in [-0.05, 0) is 44.5 Å². The van der Waals surface area contributed by atoms with E-state index in [1.54, 1.807) is 35.0 Å². The first-order chi connectivity index (χ1) is 12.9. The van der Waals surface area contributed by atoms with Crippen LogP contribution in [0.1, 0.15) is 48.2 Å². The van der Waals surface area contributed by atoms with E-state index in [4.69, 9.17) is 5.26 Å². The number of nitriles is 1. The van der Waals surface area contributed by atoms with Crippen LogP contribution in [-0.2, 0) is 4.79 Å². The van der Waals surface area contributed by atoms with Crippen molar-refractivity contribution in [2.75, 3.05) is 5.32 Å². The van der Waals surface area contributed by atoms with Gasteiger partial charge in [-0.3, -0.25) is 14.9 Å². The van der Waals surface area contributed by atoms with Gasteiger partial charge in [0.05, 0.1) is 23.2 Å². The van der Waals surface area contributed by atoms with Crippen molar-refractivity contribution in [1.82, 2.24) is 20.4 Å². The van der Waals surface area contributed by atoms with Crippen LogP contribution in [0.15, 0.2) is 30.3 Å². The quantitative estimate of drug-likeness (QED) is 0.765. The molecule has 2 amide bonds. The van der Waals surface area contributed by atoms with E-state index < -0.39 is 6.29 Å². The highest BCUT2D eigenvalue weighted by molar-refractivity contribution is 6.03. The zero-order chi connectivity index (χ0) is 19.6. The van der Waals surface area contributed by atoms with E-state index in [1.807, 2.05) is 26.8 Å². The highest BCUT2D eigenvalue weighted by atomic mass is 16.2. The maximum Gasteiger partial charge on any atom is 0.256 e. The Balaban J connectivity index is 1.81. The van der Waals surface area contributed by atoms with Gasteiger partial charge in [-0.1, -0.05) is 6.92 Å². The summed E-state index contributed by atoms with van der Waals surface area (Å²) in [4.78, 5) is 24.9. The van der Waals surface area contributed by atoms with E-state index >= 15 is 0 Å². The number of rotatable bonds is 4. The summed E-state index contributed by atoms with van der Waals surface area (Å²) >= 11 is 0. The summed E-state index contributed by atoms with van der Waals surface area (Å²) < 4.78 is 1.57. The molecule has 3 atom stereocenters. The fourth-order valence-corrected chi connectivity index (χ4v) is 3.24. The fourth-order valence-electron chi connectivity index (χ4n) is 3.24. The SMILES string of the molecule is CCC1C(=O)NC(n2nc(C)cc2NC(=O)c2ccc(C#N)cc2)NC1C. The standard InChI is InChI=1S/C19H22N6O2/c1-4-15-12(3)21-19(23-18(15)27)25-16(9-11(2)24-25)22-17(26)14-7-5-13(10-20)6-8-14/h5-9,12,15,19,21H,4H2,1-3H3,(H,22,26)(H,23,27). The molecule has 2 heterocycles. The molecule has 1 aliphatic heterocycles. The predicted octanol–water partition coefficient (Wildman–Crippen LogP) is 1.91. The lowest BCUT2D eigenvalue weighted by Crippen LogP contribution is -2.57. The van der Waals surface area contributed by atoms with Crippen LogP contribution in [0.3, 0.4) is 0 Å². The number of nitrogens with zero attached hydrogens (tertiary/aromatic N) is 3. The molecule has 0 aliphatic carbocycles. The van der Waals surface area contributed by atoms with Crippen LogP contribution in [0.5, 0.6) is 0 Å². The van der Waals surface area contributed by atoms with E-state index in [0.717, 1.165) is 6.42 Å². The van der Waals surface area contributed by atoms with Crippen LogP contribution in [0.2, 0.25) is 0 Å². The number of aromatic nitrogens is 2. The van der Waals surface area contributed by atoms with E-state index in [2.05, 4.69) is 21.0 Å². The monoisotopic (exact) mass is 366 g/mol. The van der Waals surface area contributed by atoms with Gasteiger partial charge in [0.2, 0.25) is 5.91 Å². The molecule has 8 nitrogen and oxygen atoms in total. The number of carbonyl (C=O) groups excluding carboxylic acids is 2. The van der Waals surface area contributed by atoms with Crippen molar-refractivity contribution < 1.29 is 9.59 Å². The van der Waals surface area contributed by atoms with Gasteiger partial charge < -0.3 is 10.6 Å². The molecule has 1 aromatic heterocycles. The lowest BCUT2D eigenvalue weighted by atomic mass is 9.95. The van der Waals surface area contributed by atoms with Gasteiger partial charge in [0.15, 0.2) is 6.29 Å². The molecule has 0 radical (unpaired) electrons. The highest BCUT2D eigenvalue weighted by Gasteiger charge is 2.34. The normalized spacial score (nSPS) is 22.0. The number of hydrogen-bond acceptors (Lipinski definition) is 5. The summed E-state index contributed by atoms with van der Waals surface area (Å²) in [5.74, 6) is 0.0185. The molecule has 140 valence electrons. The summed E-state index contributed by atoms with van der Waals surface area (Å²) in [5.41, 5.74) is 1.63. The van der Waals surface area contributed by atoms with Crippen molar-refractivity contribution in [3.8, 4) is 6.07 Å². The Hall–Kier alpha value is -3.18. The summed E-state index contributed by atoms with van der Waals surface area (Å²) in [6, 6.07) is 10.1. The molecule has 8 heteroatoms. The van der Waals surface area contributed by atoms with Gasteiger partial charge in [0, 0.05) is 17.7 Å². The molecule has 2 aromatic rings. The molecular formula is C19H22N6O2. The third-order valence-electron chi connectivity index (χ3n) is 4.70. The molecule has 1 fully saturated rings. The summed E-state index contributed by atoms with van der Waals surface area (Å²) in [6.07, 6.45) is 0.202. The van der Waals surface area contributed by atoms with Crippen LogP contribution < -0.4 is 16.0 Å². The fraction of sp³-hybridized carbons (Fsp3) is 0.368. The van der Waals surface area contributed by atoms with Gasteiger partial charge in [-0.25, -0.2) is 4.68 Å². The molecule has 1 saturated heterocycles. The maximum absolute atomic E-state index is 12.5. The van der Waals surface area contributed by atoms with Crippen LogP contribution in [0.25, 0.3) is 0 Å². The van der Waals surface area contributed by atoms with Crippen molar-refractivity contribution >= 4 is 17.6 Å². The second kappa shape index (κ2) is 7.60. The van der Waals surface area contributed by atoms with Crippen LogP contribution in [0.4, 0.5) is 5.82 Å². The minimum Gasteiger partial charge on any atom is -0.322 e. The van der Waals surface area contributed by atoms with Gasteiger partial charge in [-0.2, -0.15) is 10.4 Å². The molecule has 1 aromatic carbocycles. The molecule has 3 N–H and O–H groups in total. The van der Waals surface area contributed by atoms with Crippen molar-refractivity contribution in [3.05, 3.63) is 47.2 Å². The van der Waals surface area contributed by atoms with Crippen molar-refractivity contribution in [2.24, 2.45) is 5.92 Å². The van der Waals surface area contributed by atoms with E-state index in [1.165, 1.54) is 0 Å².